The van der Waals surface area contributed by atoms with Crippen molar-refractivity contribution in [1.29, 1.82) is 0 Å². The summed E-state index contributed by atoms with van der Waals surface area (Å²) in [5, 5.41) is 2.57. The Bertz CT molecular complexity index is 1660. The maximum Gasteiger partial charge on any atom is 0.0465 e. The van der Waals surface area contributed by atoms with Gasteiger partial charge in [-0.2, -0.15) is 0 Å². The van der Waals surface area contributed by atoms with Crippen molar-refractivity contribution in [3.05, 3.63) is 132 Å². The molecule has 0 amide bonds. The van der Waals surface area contributed by atoms with Gasteiger partial charge in [0.15, 0.2) is 0 Å². The summed E-state index contributed by atoms with van der Waals surface area (Å²) in [6, 6.07) is 42.3. The van der Waals surface area contributed by atoms with E-state index in [1.807, 2.05) is 0 Å². The van der Waals surface area contributed by atoms with E-state index in [9.17, 15) is 0 Å². The van der Waals surface area contributed by atoms with Crippen molar-refractivity contribution in [3.8, 4) is 22.3 Å². The average Bonchev–Trinajstić information content (AvgIpc) is 3.43. The van der Waals surface area contributed by atoms with Gasteiger partial charge in [-0.25, -0.2) is 0 Å². The molecule has 1 aliphatic carbocycles. The van der Waals surface area contributed by atoms with E-state index in [2.05, 4.69) is 120 Å². The van der Waals surface area contributed by atoms with Crippen LogP contribution in [0.4, 0.5) is 0 Å². The first-order valence-electron chi connectivity index (χ1n) is 12.1. The van der Waals surface area contributed by atoms with Crippen LogP contribution in [0.3, 0.4) is 0 Å². The fraction of sp³-hybridized carbons (Fsp3) is 0.0909. The molecule has 0 spiro atoms. The van der Waals surface area contributed by atoms with Crippen LogP contribution in [0.15, 0.2) is 115 Å². The van der Waals surface area contributed by atoms with Crippen LogP contribution >= 0.6 is 0 Å². The number of para-hydroxylation sites is 1. The maximum absolute atomic E-state index is 3.54. The lowest BCUT2D eigenvalue weighted by atomic mass is 9.90. The van der Waals surface area contributed by atoms with Crippen LogP contribution < -0.4 is 0 Å². The van der Waals surface area contributed by atoms with E-state index in [-0.39, 0.29) is 0 Å². The molecule has 1 aliphatic rings. The lowest BCUT2D eigenvalue weighted by molar-refractivity contribution is 0.729. The molecule has 7 rings (SSSR count). The molecule has 0 saturated carbocycles. The molecule has 0 fully saturated rings. The molecule has 0 aliphatic heterocycles. The smallest absolute Gasteiger partial charge is 0.0465 e. The average molecular weight is 436 g/mol. The first-order chi connectivity index (χ1) is 16.8. The molecule has 1 unspecified atom stereocenters. The van der Waals surface area contributed by atoms with Crippen LogP contribution in [0.5, 0.6) is 0 Å². The first-order valence-corrected chi connectivity index (χ1v) is 12.1. The number of rotatable bonds is 4. The third kappa shape index (κ3) is 3.08. The molecule has 1 heterocycles. The summed E-state index contributed by atoms with van der Waals surface area (Å²) in [5.74, 6) is 0.455. The van der Waals surface area contributed by atoms with Crippen LogP contribution in [0.25, 0.3) is 44.1 Å². The summed E-state index contributed by atoms with van der Waals surface area (Å²) < 4.78 is 0. The quantitative estimate of drug-likeness (QED) is 0.285. The molecule has 0 radical (unpaired) electrons. The van der Waals surface area contributed by atoms with Gasteiger partial charge in [-0.3, -0.25) is 0 Å². The zero-order chi connectivity index (χ0) is 22.5. The minimum atomic E-state index is 0.455. The number of hydrogen-bond donors (Lipinski definition) is 1. The largest absolute Gasteiger partial charge is 0.355 e. The van der Waals surface area contributed by atoms with Crippen LogP contribution in [-0.4, -0.2) is 4.98 Å². The third-order valence-electron chi connectivity index (χ3n) is 7.46. The van der Waals surface area contributed by atoms with E-state index in [0.717, 1.165) is 12.8 Å². The van der Waals surface area contributed by atoms with E-state index in [0.29, 0.717) is 5.92 Å². The van der Waals surface area contributed by atoms with Crippen LogP contribution in [0, 0.1) is 0 Å². The number of aromatic amines is 1. The van der Waals surface area contributed by atoms with Crippen molar-refractivity contribution in [1.82, 2.24) is 4.98 Å². The van der Waals surface area contributed by atoms with Crippen molar-refractivity contribution >= 4 is 21.8 Å². The van der Waals surface area contributed by atoms with Gasteiger partial charge in [0.05, 0.1) is 0 Å². The first kappa shape index (κ1) is 19.4. The minimum absolute atomic E-state index is 0.455. The number of aryl methyl sites for hydroxylation is 1. The molecule has 0 bridgehead atoms. The molecule has 1 heteroatoms. The number of benzene rings is 5. The SMILES string of the molecule is c1ccc(CCC2c3ccccc3-c3cc(-c4ccc5[nH]c6ccccc6c5c4)ccc32)cc1. The highest BCUT2D eigenvalue weighted by Gasteiger charge is 2.28. The summed E-state index contributed by atoms with van der Waals surface area (Å²) >= 11 is 0. The Morgan fingerprint density at radius 1 is 0.529 bits per heavy atom. The van der Waals surface area contributed by atoms with Crippen LogP contribution in [-0.2, 0) is 6.42 Å². The Morgan fingerprint density at radius 2 is 1.24 bits per heavy atom. The number of H-pyrrole nitrogens is 1. The predicted octanol–water partition coefficient (Wildman–Crippen LogP) is 8.73. The van der Waals surface area contributed by atoms with Gasteiger partial charge in [0, 0.05) is 27.7 Å². The van der Waals surface area contributed by atoms with Crippen molar-refractivity contribution in [2.24, 2.45) is 0 Å². The fourth-order valence-corrected chi connectivity index (χ4v) is 5.78. The predicted molar refractivity (Wildman–Crippen MR) is 143 cm³/mol. The van der Waals surface area contributed by atoms with E-state index >= 15 is 0 Å². The van der Waals surface area contributed by atoms with Crippen molar-refractivity contribution < 1.29 is 0 Å². The van der Waals surface area contributed by atoms with Crippen molar-refractivity contribution in [2.45, 2.75) is 18.8 Å². The second kappa shape index (κ2) is 7.74. The van der Waals surface area contributed by atoms with Crippen molar-refractivity contribution in [2.75, 3.05) is 0 Å². The normalized spacial score (nSPS) is 14.4. The Labute approximate surface area is 199 Å². The topological polar surface area (TPSA) is 15.8 Å². The molecule has 1 nitrogen and oxygen atoms in total. The van der Waals surface area contributed by atoms with Crippen LogP contribution in [0.2, 0.25) is 0 Å². The molecule has 162 valence electrons. The summed E-state index contributed by atoms with van der Waals surface area (Å²) in [6.45, 7) is 0. The van der Waals surface area contributed by atoms with Gasteiger partial charge in [-0.1, -0.05) is 91.0 Å². The maximum atomic E-state index is 3.54. The molecule has 34 heavy (non-hydrogen) atoms. The highest BCUT2D eigenvalue weighted by molar-refractivity contribution is 6.08. The van der Waals surface area contributed by atoms with E-state index in [1.54, 1.807) is 0 Å². The summed E-state index contributed by atoms with van der Waals surface area (Å²) in [7, 11) is 0. The molecular formula is C33H25N. The Hall–Kier alpha value is -4.10. The van der Waals surface area contributed by atoms with Crippen molar-refractivity contribution in [3.63, 3.8) is 0 Å². The number of hydrogen-bond acceptors (Lipinski definition) is 0. The van der Waals surface area contributed by atoms with Gasteiger partial charge < -0.3 is 4.98 Å². The van der Waals surface area contributed by atoms with Gasteiger partial charge in [-0.05, 0) is 76.1 Å². The van der Waals surface area contributed by atoms with E-state index in [1.165, 1.54) is 60.8 Å². The van der Waals surface area contributed by atoms with Gasteiger partial charge in [0.25, 0.3) is 0 Å². The Balaban J connectivity index is 1.30. The number of fused-ring (bicyclic) bond motifs is 6. The zero-order valence-electron chi connectivity index (χ0n) is 19.0. The van der Waals surface area contributed by atoms with Gasteiger partial charge in [-0.15, -0.1) is 0 Å². The highest BCUT2D eigenvalue weighted by Crippen LogP contribution is 2.48. The molecule has 1 atom stereocenters. The third-order valence-corrected chi connectivity index (χ3v) is 7.46. The highest BCUT2D eigenvalue weighted by atomic mass is 14.7. The molecule has 5 aromatic carbocycles. The molecule has 0 saturated heterocycles. The molecule has 1 N–H and O–H groups in total. The summed E-state index contributed by atoms with van der Waals surface area (Å²) in [4.78, 5) is 3.54. The second-order valence-electron chi connectivity index (χ2n) is 9.40. The van der Waals surface area contributed by atoms with Gasteiger partial charge in [0.1, 0.15) is 0 Å². The monoisotopic (exact) mass is 435 g/mol. The standard InChI is InChI=1S/C33H25N/c1-2-8-22(9-3-1)14-17-27-25-10-4-5-11-26(25)30-20-23(15-18-28(27)30)24-16-19-33-31(21-24)29-12-6-7-13-32(29)34-33/h1-13,15-16,18-21,27,34H,14,17H2. The zero-order valence-corrected chi connectivity index (χ0v) is 19.0. The minimum Gasteiger partial charge on any atom is -0.355 e. The van der Waals surface area contributed by atoms with Gasteiger partial charge in [0.2, 0.25) is 0 Å². The summed E-state index contributed by atoms with van der Waals surface area (Å²) in [6.07, 6.45) is 2.23. The number of nitrogens with one attached hydrogen (secondary N) is 1. The lowest BCUT2D eigenvalue weighted by Crippen LogP contribution is -1.99. The van der Waals surface area contributed by atoms with Crippen LogP contribution in [0.1, 0.15) is 29.0 Å². The Morgan fingerprint density at radius 3 is 2.18 bits per heavy atom. The Kier molecular flexibility index (Phi) is 4.41. The molecule has 1 aromatic heterocycles. The molecule has 6 aromatic rings. The number of aromatic nitrogens is 1. The lowest BCUT2D eigenvalue weighted by Gasteiger charge is -2.14. The summed E-state index contributed by atoms with van der Waals surface area (Å²) in [5.41, 5.74) is 12.1. The van der Waals surface area contributed by atoms with Gasteiger partial charge >= 0.3 is 0 Å². The molecular weight excluding hydrogens is 410 g/mol. The second-order valence-corrected chi connectivity index (χ2v) is 9.40. The van der Waals surface area contributed by atoms with E-state index < -0.39 is 0 Å². The fourth-order valence-electron chi connectivity index (χ4n) is 5.78. The van der Waals surface area contributed by atoms with E-state index in [4.69, 9.17) is 0 Å².